The minimum Gasteiger partial charge on any atom is -0.478 e. The van der Waals surface area contributed by atoms with E-state index in [1.54, 1.807) is 50.2 Å². The molecule has 3 aromatic rings. The van der Waals surface area contributed by atoms with Crippen LogP contribution >= 0.6 is 0 Å². The lowest BCUT2D eigenvalue weighted by Gasteiger charge is -2.23. The van der Waals surface area contributed by atoms with Crippen LogP contribution in [0.15, 0.2) is 71.3 Å². The molecule has 0 aliphatic rings. The van der Waals surface area contributed by atoms with Crippen molar-refractivity contribution >= 4 is 23.8 Å². The third-order valence-electron chi connectivity index (χ3n) is 4.77. The third-order valence-corrected chi connectivity index (χ3v) is 4.77. The lowest BCUT2D eigenvalue weighted by molar-refractivity contribution is -0.159. The summed E-state index contributed by atoms with van der Waals surface area (Å²) in [4.78, 5) is 50.3. The molecule has 2 N–H and O–H groups in total. The molecule has 0 radical (unpaired) electrons. The van der Waals surface area contributed by atoms with Gasteiger partial charge in [0.1, 0.15) is 5.76 Å². The van der Waals surface area contributed by atoms with Crippen molar-refractivity contribution in [3.05, 3.63) is 94.9 Å². The normalized spacial score (nSPS) is 12.3. The van der Waals surface area contributed by atoms with E-state index in [1.807, 2.05) is 0 Å². The fourth-order valence-corrected chi connectivity index (χ4v) is 3.09. The van der Waals surface area contributed by atoms with Gasteiger partial charge in [-0.3, -0.25) is 4.79 Å². The van der Waals surface area contributed by atoms with Gasteiger partial charge in [-0.2, -0.15) is 0 Å². The maximum atomic E-state index is 12.9. The number of carboxylic acids is 1. The molecule has 34 heavy (non-hydrogen) atoms. The van der Waals surface area contributed by atoms with Crippen molar-refractivity contribution in [2.24, 2.45) is 0 Å². The molecular formula is C25H23NO8. The van der Waals surface area contributed by atoms with Crippen molar-refractivity contribution in [3.63, 3.8) is 0 Å². The predicted octanol–water partition coefficient (Wildman–Crippen LogP) is 3.05. The Morgan fingerprint density at radius 3 is 1.88 bits per heavy atom. The lowest BCUT2D eigenvalue weighted by Crippen LogP contribution is -2.50. The van der Waals surface area contributed by atoms with E-state index in [0.29, 0.717) is 5.76 Å². The van der Waals surface area contributed by atoms with Gasteiger partial charge in [0.25, 0.3) is 5.91 Å². The van der Waals surface area contributed by atoms with Gasteiger partial charge in [-0.25, -0.2) is 14.4 Å². The molecule has 0 unspecified atom stereocenters. The lowest BCUT2D eigenvalue weighted by atomic mass is 10.1. The summed E-state index contributed by atoms with van der Waals surface area (Å²) in [5.74, 6) is -4.16. The summed E-state index contributed by atoms with van der Waals surface area (Å²) in [5.41, 5.74) is 1.71. The monoisotopic (exact) mass is 465 g/mol. The number of rotatable bonds is 9. The molecule has 0 saturated carbocycles. The maximum Gasteiger partial charge on any atom is 0.349 e. The largest absolute Gasteiger partial charge is 0.478 e. The first-order valence-corrected chi connectivity index (χ1v) is 10.3. The topological polar surface area (TPSA) is 132 Å². The summed E-state index contributed by atoms with van der Waals surface area (Å²) in [7, 11) is 0. The standard InChI is InChI=1S/C25H23NO8/c1-15-6-3-8-17(12-15)24(30)33-20(22(27)26-14-19-10-5-11-32-19)21(23(28)29)34-25(31)18-9-4-7-16(2)13-18/h3-13,20-21H,14H2,1-2H3,(H,26,27)(H,28,29)/t20-,21-/m0/s1. The van der Waals surface area contributed by atoms with Crippen molar-refractivity contribution in [3.8, 4) is 0 Å². The Bertz CT molecular complexity index is 1190. The number of hydrogen-bond acceptors (Lipinski definition) is 7. The Kier molecular flexibility index (Phi) is 7.81. The minimum atomic E-state index is -2.10. The Balaban J connectivity index is 1.86. The van der Waals surface area contributed by atoms with Gasteiger partial charge in [0.2, 0.25) is 12.2 Å². The number of hydrogen-bond donors (Lipinski definition) is 2. The van der Waals surface area contributed by atoms with Crippen molar-refractivity contribution in [1.82, 2.24) is 5.32 Å². The molecule has 3 rings (SSSR count). The number of furan rings is 1. The van der Waals surface area contributed by atoms with E-state index in [9.17, 15) is 24.3 Å². The van der Waals surface area contributed by atoms with Crippen LogP contribution < -0.4 is 5.32 Å². The van der Waals surface area contributed by atoms with Crippen molar-refractivity contribution in [2.45, 2.75) is 32.6 Å². The number of amides is 1. The third kappa shape index (κ3) is 6.32. The van der Waals surface area contributed by atoms with E-state index in [-0.39, 0.29) is 17.7 Å². The van der Waals surface area contributed by atoms with Gasteiger partial charge in [0.15, 0.2) is 0 Å². The molecule has 1 aromatic heterocycles. The molecule has 9 heteroatoms. The van der Waals surface area contributed by atoms with E-state index in [4.69, 9.17) is 13.9 Å². The second-order valence-corrected chi connectivity index (χ2v) is 7.53. The maximum absolute atomic E-state index is 12.9. The molecule has 9 nitrogen and oxygen atoms in total. The van der Waals surface area contributed by atoms with Crippen LogP contribution in [-0.4, -0.2) is 41.1 Å². The molecule has 0 bridgehead atoms. The van der Waals surface area contributed by atoms with E-state index < -0.39 is 36.0 Å². The van der Waals surface area contributed by atoms with Crippen LogP contribution in [0.25, 0.3) is 0 Å². The molecule has 2 atom stereocenters. The molecule has 0 saturated heterocycles. The molecule has 0 aliphatic heterocycles. The van der Waals surface area contributed by atoms with Crippen molar-refractivity contribution < 1.29 is 38.2 Å². The van der Waals surface area contributed by atoms with Crippen LogP contribution in [0, 0.1) is 13.8 Å². The zero-order chi connectivity index (χ0) is 24.7. The van der Waals surface area contributed by atoms with Crippen molar-refractivity contribution in [1.29, 1.82) is 0 Å². The second-order valence-electron chi connectivity index (χ2n) is 7.53. The summed E-state index contributed by atoms with van der Waals surface area (Å²) in [6.45, 7) is 3.41. The summed E-state index contributed by atoms with van der Waals surface area (Å²) < 4.78 is 15.5. The number of carbonyl (C=O) groups is 4. The number of nitrogens with one attached hydrogen (secondary N) is 1. The average Bonchev–Trinajstić information content (AvgIpc) is 3.33. The summed E-state index contributed by atoms with van der Waals surface area (Å²) in [5, 5.41) is 12.2. The highest BCUT2D eigenvalue weighted by Gasteiger charge is 2.41. The van der Waals surface area contributed by atoms with Gasteiger partial charge in [-0.15, -0.1) is 0 Å². The minimum absolute atomic E-state index is 0.0889. The molecule has 2 aromatic carbocycles. The van der Waals surface area contributed by atoms with E-state index in [2.05, 4.69) is 5.32 Å². The molecular weight excluding hydrogens is 442 g/mol. The Labute approximate surface area is 195 Å². The number of esters is 2. The van der Waals surface area contributed by atoms with E-state index in [0.717, 1.165) is 11.1 Å². The molecule has 0 spiro atoms. The number of carboxylic acid groups (broad SMARTS) is 1. The summed E-state index contributed by atoms with van der Waals surface area (Å²) in [6, 6.07) is 15.9. The fraction of sp³-hybridized carbons (Fsp3) is 0.200. The number of ether oxygens (including phenoxy) is 2. The molecule has 176 valence electrons. The van der Waals surface area contributed by atoms with Gasteiger partial charge in [-0.1, -0.05) is 35.4 Å². The highest BCUT2D eigenvalue weighted by atomic mass is 16.6. The van der Waals surface area contributed by atoms with Gasteiger partial charge in [0.05, 0.1) is 23.9 Å². The van der Waals surface area contributed by atoms with Gasteiger partial charge in [0, 0.05) is 0 Å². The number of aryl methyl sites for hydroxylation is 2. The Morgan fingerprint density at radius 2 is 1.41 bits per heavy atom. The van der Waals surface area contributed by atoms with Crippen LogP contribution in [0.4, 0.5) is 0 Å². The zero-order valence-electron chi connectivity index (χ0n) is 18.5. The predicted molar refractivity (Wildman–Crippen MR) is 119 cm³/mol. The van der Waals surface area contributed by atoms with Crippen LogP contribution in [0.1, 0.15) is 37.6 Å². The van der Waals surface area contributed by atoms with Gasteiger partial charge >= 0.3 is 17.9 Å². The zero-order valence-corrected chi connectivity index (χ0v) is 18.5. The first-order valence-electron chi connectivity index (χ1n) is 10.3. The first kappa shape index (κ1) is 24.2. The molecule has 0 aliphatic carbocycles. The van der Waals surface area contributed by atoms with Crippen LogP contribution in [0.2, 0.25) is 0 Å². The summed E-state index contributed by atoms with van der Waals surface area (Å²) in [6.07, 6.45) is -2.66. The fourth-order valence-electron chi connectivity index (χ4n) is 3.09. The number of aliphatic carboxylic acids is 1. The van der Waals surface area contributed by atoms with Crippen LogP contribution in [-0.2, 0) is 25.6 Å². The van der Waals surface area contributed by atoms with E-state index >= 15 is 0 Å². The first-order chi connectivity index (χ1) is 16.2. The molecule has 1 amide bonds. The van der Waals surface area contributed by atoms with Gasteiger partial charge in [-0.05, 0) is 50.2 Å². The van der Waals surface area contributed by atoms with Crippen molar-refractivity contribution in [2.75, 3.05) is 0 Å². The Morgan fingerprint density at radius 1 is 0.853 bits per heavy atom. The number of benzene rings is 2. The Hall–Kier alpha value is -4.40. The molecule has 1 heterocycles. The van der Waals surface area contributed by atoms with Gasteiger partial charge < -0.3 is 24.3 Å². The van der Waals surface area contributed by atoms with Crippen LogP contribution in [0.5, 0.6) is 0 Å². The summed E-state index contributed by atoms with van der Waals surface area (Å²) >= 11 is 0. The SMILES string of the molecule is Cc1cccc(C(=O)O[C@H](C(=O)O)[C@H](OC(=O)c2cccc(C)c2)C(=O)NCc2ccco2)c1. The highest BCUT2D eigenvalue weighted by Crippen LogP contribution is 2.15. The smallest absolute Gasteiger partial charge is 0.349 e. The average molecular weight is 465 g/mol. The molecule has 0 fully saturated rings. The second kappa shape index (κ2) is 11.0. The van der Waals surface area contributed by atoms with E-state index in [1.165, 1.54) is 30.5 Å². The number of carbonyl (C=O) groups excluding carboxylic acids is 3. The van der Waals surface area contributed by atoms with Crippen LogP contribution in [0.3, 0.4) is 0 Å². The highest BCUT2D eigenvalue weighted by molar-refractivity contribution is 5.96. The quantitative estimate of drug-likeness (QED) is 0.461.